The molecule has 1 aliphatic rings. The zero-order valence-electron chi connectivity index (χ0n) is 17.1. The third-order valence-electron chi connectivity index (χ3n) is 5.51. The second-order valence-electron chi connectivity index (χ2n) is 7.28. The van der Waals surface area contributed by atoms with Crippen LogP contribution in [0.2, 0.25) is 0 Å². The zero-order valence-corrected chi connectivity index (χ0v) is 17.1. The van der Waals surface area contributed by atoms with E-state index >= 15 is 0 Å². The van der Waals surface area contributed by atoms with E-state index in [4.69, 9.17) is 4.74 Å². The van der Waals surface area contributed by atoms with Crippen molar-refractivity contribution in [1.29, 1.82) is 0 Å². The molecule has 2 aromatic rings. The maximum atomic E-state index is 12.5. The first-order valence-corrected chi connectivity index (χ1v) is 9.99. The smallest absolute Gasteiger partial charge is 0.407 e. The lowest BCUT2D eigenvalue weighted by Gasteiger charge is -2.23. The number of carbonyl (C=O) groups excluding carboxylic acids is 3. The van der Waals surface area contributed by atoms with Crippen molar-refractivity contribution < 1.29 is 19.1 Å². The van der Waals surface area contributed by atoms with E-state index in [9.17, 15) is 14.4 Å². The number of isocyanates is 1. The molecule has 30 heavy (non-hydrogen) atoms. The van der Waals surface area contributed by atoms with E-state index in [2.05, 4.69) is 27.8 Å². The Kier molecular flexibility index (Phi) is 6.99. The molecule has 1 aliphatic carbocycles. The highest BCUT2D eigenvalue weighted by molar-refractivity contribution is 5.86. The van der Waals surface area contributed by atoms with Gasteiger partial charge < -0.3 is 15.4 Å². The van der Waals surface area contributed by atoms with E-state index in [-0.39, 0.29) is 25.1 Å². The van der Waals surface area contributed by atoms with Crippen LogP contribution in [-0.4, -0.2) is 37.4 Å². The molecular weight excluding hydrogens is 382 g/mol. The second kappa shape index (κ2) is 9.85. The predicted molar refractivity (Wildman–Crippen MR) is 113 cm³/mol. The Labute approximate surface area is 175 Å². The molecule has 0 aliphatic heterocycles. The van der Waals surface area contributed by atoms with Crippen LogP contribution in [0.3, 0.4) is 0 Å². The molecule has 3 rings (SSSR count). The maximum Gasteiger partial charge on any atom is 0.407 e. The van der Waals surface area contributed by atoms with Crippen molar-refractivity contribution in [3.8, 4) is 11.1 Å². The molecule has 7 nitrogen and oxygen atoms in total. The van der Waals surface area contributed by atoms with Crippen LogP contribution in [0.1, 0.15) is 37.3 Å². The largest absolute Gasteiger partial charge is 0.449 e. The van der Waals surface area contributed by atoms with Gasteiger partial charge in [0.25, 0.3) is 0 Å². The fraction of sp³-hybridized carbons (Fsp3) is 0.348. The molecule has 2 aromatic carbocycles. The van der Waals surface area contributed by atoms with Crippen molar-refractivity contribution in [1.82, 2.24) is 10.6 Å². The van der Waals surface area contributed by atoms with Crippen molar-refractivity contribution in [2.75, 3.05) is 13.3 Å². The highest BCUT2D eigenvalue weighted by Gasteiger charge is 2.30. The average Bonchev–Trinajstić information content (AvgIpc) is 3.09. The summed E-state index contributed by atoms with van der Waals surface area (Å²) in [6, 6.07) is 15.4. The van der Waals surface area contributed by atoms with Crippen molar-refractivity contribution in [2.45, 2.75) is 32.2 Å². The van der Waals surface area contributed by atoms with Gasteiger partial charge in [-0.1, -0.05) is 68.8 Å². The first kappa shape index (κ1) is 21.3. The minimum atomic E-state index is -0.785. The van der Waals surface area contributed by atoms with E-state index < -0.39 is 18.0 Å². The number of rotatable bonds is 8. The van der Waals surface area contributed by atoms with Crippen LogP contribution < -0.4 is 10.6 Å². The molecule has 0 unspecified atom stereocenters. The van der Waals surface area contributed by atoms with Gasteiger partial charge in [-0.3, -0.25) is 4.79 Å². The van der Waals surface area contributed by atoms with E-state index in [1.807, 2.05) is 50.2 Å². The van der Waals surface area contributed by atoms with Crippen molar-refractivity contribution in [2.24, 2.45) is 10.9 Å². The summed E-state index contributed by atoms with van der Waals surface area (Å²) in [5, 5.41) is 5.14. The Hall–Kier alpha value is -3.44. The number of carbonyl (C=O) groups is 2. The van der Waals surface area contributed by atoms with Gasteiger partial charge in [-0.15, -0.1) is 0 Å². The predicted octanol–water partition coefficient (Wildman–Crippen LogP) is 3.35. The summed E-state index contributed by atoms with van der Waals surface area (Å²) in [6.07, 6.45) is 1.38. The fourth-order valence-electron chi connectivity index (χ4n) is 3.73. The summed E-state index contributed by atoms with van der Waals surface area (Å²) < 4.78 is 5.52. The summed E-state index contributed by atoms with van der Waals surface area (Å²) >= 11 is 0. The molecular formula is C23H25N3O4. The molecule has 2 amide bonds. The van der Waals surface area contributed by atoms with E-state index in [0.717, 1.165) is 22.3 Å². The molecule has 0 fully saturated rings. The van der Waals surface area contributed by atoms with E-state index in [1.165, 1.54) is 6.08 Å². The summed E-state index contributed by atoms with van der Waals surface area (Å²) in [6.45, 7) is 3.77. The second-order valence-corrected chi connectivity index (χ2v) is 7.28. The SMILES string of the molecule is CC[C@H](C)[C@H](NC(=O)OCC1c2ccccc2-c2ccccc21)C(=O)NCN=C=O. The quantitative estimate of drug-likeness (QED) is 0.518. The summed E-state index contributed by atoms with van der Waals surface area (Å²) in [4.78, 5) is 38.3. The number of aliphatic imine (C=N–C) groups is 1. The topological polar surface area (TPSA) is 96.9 Å². The van der Waals surface area contributed by atoms with Crippen LogP contribution in [0.25, 0.3) is 11.1 Å². The monoisotopic (exact) mass is 407 g/mol. The number of alkyl carbamates (subject to hydrolysis) is 1. The first-order chi connectivity index (χ1) is 14.6. The molecule has 2 atom stereocenters. The van der Waals surface area contributed by atoms with Gasteiger partial charge in [0.1, 0.15) is 19.3 Å². The fourth-order valence-corrected chi connectivity index (χ4v) is 3.73. The standard InChI is InChI=1S/C23H25N3O4/c1-3-15(2)21(22(28)25-13-24-14-27)26-23(29)30-12-20-18-10-6-4-8-16(18)17-9-5-7-11-19(17)20/h4-11,15,20-21H,3,12-13H2,1-2H3,(H,25,28)(H,26,29)/t15-,21-/m0/s1. The minimum absolute atomic E-state index is 0.0547. The molecule has 0 radical (unpaired) electrons. The number of hydrogen-bond acceptors (Lipinski definition) is 5. The number of benzene rings is 2. The normalized spacial score (nSPS) is 13.9. The highest BCUT2D eigenvalue weighted by atomic mass is 16.5. The van der Waals surface area contributed by atoms with Gasteiger partial charge in [0, 0.05) is 5.92 Å². The third kappa shape index (κ3) is 4.58. The molecule has 0 saturated heterocycles. The summed E-state index contributed by atoms with van der Waals surface area (Å²) in [5.41, 5.74) is 4.54. The highest BCUT2D eigenvalue weighted by Crippen LogP contribution is 2.44. The van der Waals surface area contributed by atoms with Crippen molar-refractivity contribution in [3.05, 3.63) is 59.7 Å². The van der Waals surface area contributed by atoms with Gasteiger partial charge >= 0.3 is 6.09 Å². The molecule has 0 aromatic heterocycles. The molecule has 0 heterocycles. The zero-order chi connectivity index (χ0) is 21.5. The Morgan fingerprint density at radius 3 is 2.27 bits per heavy atom. The van der Waals surface area contributed by atoms with Crippen LogP contribution in [0.15, 0.2) is 53.5 Å². The lowest BCUT2D eigenvalue weighted by molar-refractivity contribution is -0.124. The molecule has 0 bridgehead atoms. The number of hydrogen-bond donors (Lipinski definition) is 2. The van der Waals surface area contributed by atoms with Gasteiger partial charge in [-0.25, -0.2) is 9.59 Å². The first-order valence-electron chi connectivity index (χ1n) is 9.99. The van der Waals surface area contributed by atoms with Crippen LogP contribution >= 0.6 is 0 Å². The average molecular weight is 407 g/mol. The lowest BCUT2D eigenvalue weighted by Crippen LogP contribution is -2.50. The maximum absolute atomic E-state index is 12.5. The molecule has 2 N–H and O–H groups in total. The van der Waals surface area contributed by atoms with Crippen molar-refractivity contribution >= 4 is 18.1 Å². The summed E-state index contributed by atoms with van der Waals surface area (Å²) in [7, 11) is 0. The Balaban J connectivity index is 1.67. The Bertz CT molecular complexity index is 923. The van der Waals surface area contributed by atoms with Gasteiger partial charge in [0.05, 0.1) is 0 Å². The van der Waals surface area contributed by atoms with Gasteiger partial charge in [0.15, 0.2) is 0 Å². The third-order valence-corrected chi connectivity index (χ3v) is 5.51. The number of amides is 2. The Morgan fingerprint density at radius 2 is 1.70 bits per heavy atom. The van der Waals surface area contributed by atoms with Crippen LogP contribution in [0.5, 0.6) is 0 Å². The molecule has 0 spiro atoms. The van der Waals surface area contributed by atoms with Crippen LogP contribution in [-0.2, 0) is 14.3 Å². The van der Waals surface area contributed by atoms with E-state index in [1.54, 1.807) is 0 Å². The van der Waals surface area contributed by atoms with Crippen LogP contribution in [0.4, 0.5) is 4.79 Å². The lowest BCUT2D eigenvalue weighted by atomic mass is 9.98. The minimum Gasteiger partial charge on any atom is -0.449 e. The number of nitrogens with one attached hydrogen (secondary N) is 2. The summed E-state index contributed by atoms with van der Waals surface area (Å²) in [5.74, 6) is -0.594. The van der Waals surface area contributed by atoms with Crippen LogP contribution in [0, 0.1) is 5.92 Å². The number of ether oxygens (including phenoxy) is 1. The van der Waals surface area contributed by atoms with Crippen molar-refractivity contribution in [3.63, 3.8) is 0 Å². The number of nitrogens with zero attached hydrogens (tertiary/aromatic N) is 1. The van der Waals surface area contributed by atoms with Gasteiger partial charge in [-0.2, -0.15) is 4.99 Å². The van der Waals surface area contributed by atoms with E-state index in [0.29, 0.717) is 6.42 Å². The molecule has 0 saturated carbocycles. The molecule has 7 heteroatoms. The number of fused-ring (bicyclic) bond motifs is 3. The van der Waals surface area contributed by atoms with Gasteiger partial charge in [-0.05, 0) is 28.2 Å². The van der Waals surface area contributed by atoms with Gasteiger partial charge in [0.2, 0.25) is 12.0 Å². The Morgan fingerprint density at radius 1 is 1.10 bits per heavy atom. The molecule has 156 valence electrons.